The van der Waals surface area contributed by atoms with Crippen LogP contribution in [-0.2, 0) is 5.75 Å². The van der Waals surface area contributed by atoms with E-state index in [-0.39, 0.29) is 0 Å². The lowest BCUT2D eigenvalue weighted by Gasteiger charge is -2.23. The Kier molecular flexibility index (Phi) is 4.15. The average molecular weight is 320 g/mol. The molecule has 2 heterocycles. The van der Waals surface area contributed by atoms with Gasteiger partial charge >= 0.3 is 0 Å². The summed E-state index contributed by atoms with van der Waals surface area (Å²) < 4.78 is 0. The van der Waals surface area contributed by atoms with Crippen LogP contribution in [0.15, 0.2) is 46.9 Å². The zero-order valence-corrected chi connectivity index (χ0v) is 13.7. The summed E-state index contributed by atoms with van der Waals surface area (Å²) in [4.78, 5) is 10.8. The van der Waals surface area contributed by atoms with Crippen molar-refractivity contribution in [1.29, 1.82) is 5.41 Å². The van der Waals surface area contributed by atoms with Crippen molar-refractivity contribution in [3.8, 4) is 0 Å². The highest BCUT2D eigenvalue weighted by Crippen LogP contribution is 2.26. The Hall–Kier alpha value is -2.62. The molecule has 0 amide bonds. The largest absolute Gasteiger partial charge is 0.335 e. The fraction of sp³-hybridized carbons (Fsp3) is 0.111. The summed E-state index contributed by atoms with van der Waals surface area (Å²) in [5.41, 5.74) is 3.45. The van der Waals surface area contributed by atoms with Gasteiger partial charge in [0.1, 0.15) is 5.03 Å². The number of aliphatic imine (C=N–C) groups is 1. The van der Waals surface area contributed by atoms with E-state index in [9.17, 15) is 0 Å². The molecule has 0 saturated carbocycles. The molecule has 5 heteroatoms. The molecule has 0 fully saturated rings. The van der Waals surface area contributed by atoms with E-state index in [0.29, 0.717) is 16.3 Å². The molecular weight excluding hydrogens is 304 g/mol. The average Bonchev–Trinajstić information content (AvgIpc) is 2.57. The lowest BCUT2D eigenvalue weighted by atomic mass is 10.1. The maximum atomic E-state index is 7.65. The maximum Gasteiger partial charge on any atom is 0.116 e. The number of aromatic nitrogens is 1. The van der Waals surface area contributed by atoms with Gasteiger partial charge in [0.15, 0.2) is 0 Å². The molecule has 1 aliphatic heterocycles. The van der Waals surface area contributed by atoms with Crippen LogP contribution in [0.2, 0.25) is 0 Å². The Morgan fingerprint density at radius 2 is 2.00 bits per heavy atom. The minimum absolute atomic E-state index is 0.596. The summed E-state index contributed by atoms with van der Waals surface area (Å²) in [6.07, 6.45) is 1.69. The highest BCUT2D eigenvalue weighted by Gasteiger charge is 2.19. The molecule has 1 aromatic carbocycles. The van der Waals surface area contributed by atoms with Crippen LogP contribution in [0.3, 0.4) is 0 Å². The number of pyridine rings is 1. The number of nitrogens with zero attached hydrogens (tertiary/aromatic N) is 3. The van der Waals surface area contributed by atoms with Gasteiger partial charge in [0.05, 0.1) is 22.6 Å². The smallest absolute Gasteiger partial charge is 0.116 e. The Morgan fingerprint density at radius 3 is 2.70 bits per heavy atom. The van der Waals surface area contributed by atoms with Gasteiger partial charge in [0.25, 0.3) is 0 Å². The van der Waals surface area contributed by atoms with E-state index in [1.807, 2.05) is 30.1 Å². The Labute approximate surface area is 139 Å². The molecular formula is C18H16N4S. The topological polar surface area (TPSA) is 52.3 Å². The van der Waals surface area contributed by atoms with Gasteiger partial charge in [-0.15, -0.1) is 11.8 Å². The molecule has 0 aliphatic carbocycles. The van der Waals surface area contributed by atoms with Crippen molar-refractivity contribution in [3.05, 3.63) is 58.6 Å². The van der Waals surface area contributed by atoms with Crippen LogP contribution in [-0.4, -0.2) is 29.1 Å². The molecule has 1 aliphatic rings. The first kappa shape index (κ1) is 15.3. The van der Waals surface area contributed by atoms with Crippen LogP contribution in [0, 0.1) is 5.41 Å². The van der Waals surface area contributed by atoms with Gasteiger partial charge in [-0.2, -0.15) is 0 Å². The third-order valence-electron chi connectivity index (χ3n) is 3.63. The Morgan fingerprint density at radius 1 is 1.26 bits per heavy atom. The Balaban J connectivity index is 2.06. The van der Waals surface area contributed by atoms with Crippen LogP contribution in [0.25, 0.3) is 12.3 Å². The summed E-state index contributed by atoms with van der Waals surface area (Å²) in [6, 6.07) is 10.2. The van der Waals surface area contributed by atoms with E-state index in [0.717, 1.165) is 22.0 Å². The highest BCUT2D eigenvalue weighted by molar-refractivity contribution is 7.98. The lowest BCUT2D eigenvalue weighted by molar-refractivity contribution is 0.731. The molecule has 0 bridgehead atoms. The number of rotatable bonds is 3. The maximum absolute atomic E-state index is 7.65. The lowest BCUT2D eigenvalue weighted by Crippen LogP contribution is -2.29. The van der Waals surface area contributed by atoms with Crippen LogP contribution in [0.5, 0.6) is 0 Å². The second-order valence-electron chi connectivity index (χ2n) is 5.16. The van der Waals surface area contributed by atoms with Crippen molar-refractivity contribution in [3.63, 3.8) is 0 Å². The SMILES string of the molecule is C=C1c2c(c(=C=N)c(SCc3ccccc3)nc2=C)N=CN1C. The van der Waals surface area contributed by atoms with Gasteiger partial charge in [-0.25, -0.2) is 9.98 Å². The van der Waals surface area contributed by atoms with Crippen LogP contribution >= 0.6 is 11.8 Å². The van der Waals surface area contributed by atoms with Crippen LogP contribution in [0.4, 0.5) is 5.69 Å². The van der Waals surface area contributed by atoms with Crippen molar-refractivity contribution in [2.75, 3.05) is 7.05 Å². The third kappa shape index (κ3) is 2.84. The molecule has 0 radical (unpaired) electrons. The molecule has 0 spiro atoms. The first-order valence-corrected chi connectivity index (χ1v) is 8.06. The summed E-state index contributed by atoms with van der Waals surface area (Å²) in [7, 11) is 1.88. The van der Waals surface area contributed by atoms with E-state index in [4.69, 9.17) is 5.41 Å². The standard InChI is InChI=1S/C18H16N4S/c1-12-16-13(2)22(3)11-20-17(16)15(9-19)18(21-12)23-10-14-7-5-4-6-8-14/h4-8,11,19H,1-2,10H2,3H3. The van der Waals surface area contributed by atoms with Crippen molar-refractivity contribution >= 4 is 41.9 Å². The summed E-state index contributed by atoms with van der Waals surface area (Å²) >= 11 is 1.56. The predicted octanol–water partition coefficient (Wildman–Crippen LogP) is 2.28. The van der Waals surface area contributed by atoms with Gasteiger partial charge in [-0.05, 0) is 11.4 Å². The predicted molar refractivity (Wildman–Crippen MR) is 96.8 cm³/mol. The van der Waals surface area contributed by atoms with E-state index >= 15 is 0 Å². The molecule has 4 nitrogen and oxygen atoms in total. The molecule has 0 unspecified atom stereocenters. The minimum atomic E-state index is 0.596. The van der Waals surface area contributed by atoms with Crippen molar-refractivity contribution < 1.29 is 0 Å². The second-order valence-corrected chi connectivity index (χ2v) is 6.13. The molecule has 114 valence electrons. The van der Waals surface area contributed by atoms with Crippen molar-refractivity contribution in [2.45, 2.75) is 10.8 Å². The molecule has 3 rings (SSSR count). The number of thioether (sulfide) groups is 1. The highest BCUT2D eigenvalue weighted by atomic mass is 32.2. The van der Waals surface area contributed by atoms with E-state index in [2.05, 4.69) is 41.1 Å². The minimum Gasteiger partial charge on any atom is -0.335 e. The molecule has 0 saturated heterocycles. The summed E-state index contributed by atoms with van der Waals surface area (Å²) in [6.45, 7) is 8.09. The third-order valence-corrected chi connectivity index (χ3v) is 4.68. The quantitative estimate of drug-likeness (QED) is 0.697. The van der Waals surface area contributed by atoms with Crippen LogP contribution in [0.1, 0.15) is 11.1 Å². The van der Waals surface area contributed by atoms with Crippen molar-refractivity contribution in [2.24, 2.45) is 4.99 Å². The monoisotopic (exact) mass is 320 g/mol. The zero-order chi connectivity index (χ0) is 16.4. The number of benzene rings is 1. The molecule has 2 aromatic rings. The normalized spacial score (nSPS) is 12.9. The number of hydrogen-bond donors (Lipinski definition) is 1. The zero-order valence-electron chi connectivity index (χ0n) is 12.8. The first-order chi connectivity index (χ1) is 11.1. The number of hydrogen-bond acceptors (Lipinski definition) is 5. The second kappa shape index (κ2) is 6.24. The van der Waals surface area contributed by atoms with E-state index < -0.39 is 0 Å². The number of nitrogens with one attached hydrogen (secondary N) is 1. The van der Waals surface area contributed by atoms with Gasteiger partial charge in [-0.3, -0.25) is 5.41 Å². The molecule has 23 heavy (non-hydrogen) atoms. The number of fused-ring (bicyclic) bond motifs is 1. The van der Waals surface area contributed by atoms with Gasteiger partial charge in [-0.1, -0.05) is 43.5 Å². The molecule has 0 atom stereocenters. The van der Waals surface area contributed by atoms with Crippen molar-refractivity contribution in [1.82, 2.24) is 9.88 Å². The summed E-state index contributed by atoms with van der Waals surface area (Å²) in [5, 5.41) is 9.60. The van der Waals surface area contributed by atoms with E-state index in [1.54, 1.807) is 18.1 Å². The fourth-order valence-electron chi connectivity index (χ4n) is 2.36. The fourth-order valence-corrected chi connectivity index (χ4v) is 3.33. The van der Waals surface area contributed by atoms with Gasteiger partial charge in [0.2, 0.25) is 0 Å². The Bertz CT molecular complexity index is 928. The summed E-state index contributed by atoms with van der Waals surface area (Å²) in [5.74, 6) is 3.26. The first-order valence-electron chi connectivity index (χ1n) is 7.07. The van der Waals surface area contributed by atoms with Gasteiger partial charge in [0, 0.05) is 24.1 Å². The molecule has 1 aromatic heterocycles. The van der Waals surface area contributed by atoms with Crippen LogP contribution < -0.4 is 10.6 Å². The molecule has 1 N–H and O–H groups in total. The van der Waals surface area contributed by atoms with Gasteiger partial charge < -0.3 is 4.90 Å². The van der Waals surface area contributed by atoms with E-state index in [1.165, 1.54) is 5.56 Å².